The van der Waals surface area contributed by atoms with Crippen molar-refractivity contribution < 1.29 is 30.6 Å². The quantitative estimate of drug-likeness (QED) is 0.144. The predicted octanol–water partition coefficient (Wildman–Crippen LogP) is 10.1. The summed E-state index contributed by atoms with van der Waals surface area (Å²) in [5.41, 5.74) is 7.89. The summed E-state index contributed by atoms with van der Waals surface area (Å²) in [4.78, 5) is 0. The van der Waals surface area contributed by atoms with Gasteiger partial charge in [0.25, 0.3) is 0 Å². The van der Waals surface area contributed by atoms with E-state index in [1.165, 1.54) is 54.9 Å². The van der Waals surface area contributed by atoms with Crippen molar-refractivity contribution >= 4 is 31.3 Å². The summed E-state index contributed by atoms with van der Waals surface area (Å²) >= 11 is 0. The van der Waals surface area contributed by atoms with Crippen LogP contribution >= 0.6 is 0 Å². The zero-order valence-corrected chi connectivity index (χ0v) is 27.0. The smallest absolute Gasteiger partial charge is 0.415 e. The Labute approximate surface area is 255 Å². The average Bonchev–Trinajstić information content (AvgIpc) is 3.50. The zero-order valence-electron chi connectivity index (χ0n) is 23.5. The monoisotopic (exact) mass is 602 g/mol. The Balaban J connectivity index is 0.000000176. The van der Waals surface area contributed by atoms with Gasteiger partial charge in [0.15, 0.2) is 0 Å². The summed E-state index contributed by atoms with van der Waals surface area (Å²) in [7, 11) is 0.638. The van der Waals surface area contributed by atoms with Crippen LogP contribution in [-0.4, -0.2) is 15.9 Å². The van der Waals surface area contributed by atoms with E-state index in [9.17, 15) is 0 Å². The van der Waals surface area contributed by atoms with Gasteiger partial charge >= 0.3 is 26.2 Å². The molecule has 0 aromatic heterocycles. The molecule has 0 aliphatic carbocycles. The van der Waals surface area contributed by atoms with Crippen molar-refractivity contribution in [1.82, 2.24) is 0 Å². The van der Waals surface area contributed by atoms with Gasteiger partial charge in [-0.1, -0.05) is 97.8 Å². The van der Waals surface area contributed by atoms with Crippen LogP contribution in [0.2, 0.25) is 6.55 Å². The molecular weight excluding hydrogens is 568 g/mol. The number of rotatable bonds is 4. The number of aryl methyl sites for hydroxylation is 2. The van der Waals surface area contributed by atoms with Gasteiger partial charge in [-0.25, -0.2) is 0 Å². The third-order valence-electron chi connectivity index (χ3n) is 6.31. The maximum absolute atomic E-state index is 5.07. The van der Waals surface area contributed by atoms with Crippen molar-refractivity contribution in [3.8, 4) is 22.3 Å². The second kappa shape index (κ2) is 15.1. The molecule has 0 saturated heterocycles. The summed E-state index contributed by atoms with van der Waals surface area (Å²) in [5.74, 6) is 0. The minimum absolute atomic E-state index is 0. The third-order valence-corrected chi connectivity index (χ3v) is 7.02. The second-order valence-corrected chi connectivity index (χ2v) is 10.4. The standard InChI is InChI=1S/2C16H13.C4H10OSi.Zr/c2*1-12-10-14-8-5-9-15(16(14)11-12)13-6-3-2-4-7-13;1-4(2)5-6-3;/h2*2-11H,1H3;4H,1-3H3;/q2*-1;;+2. The third kappa shape index (κ3) is 8.32. The van der Waals surface area contributed by atoms with Crippen LogP contribution in [0.5, 0.6) is 0 Å². The van der Waals surface area contributed by atoms with Gasteiger partial charge in [-0.3, -0.25) is 0 Å². The second-order valence-electron chi connectivity index (χ2n) is 9.79. The van der Waals surface area contributed by atoms with Crippen LogP contribution in [0.3, 0.4) is 0 Å². The summed E-state index contributed by atoms with van der Waals surface area (Å²) in [6, 6.07) is 43.1. The molecule has 0 aliphatic heterocycles. The molecule has 0 heterocycles. The largest absolute Gasteiger partial charge is 2.00 e. The summed E-state index contributed by atoms with van der Waals surface area (Å²) < 4.78 is 5.07. The van der Waals surface area contributed by atoms with E-state index in [2.05, 4.69) is 135 Å². The minimum atomic E-state index is 0. The van der Waals surface area contributed by atoms with Crippen molar-refractivity contribution in [3.63, 3.8) is 0 Å². The van der Waals surface area contributed by atoms with Crippen molar-refractivity contribution in [3.05, 3.63) is 132 Å². The van der Waals surface area contributed by atoms with E-state index >= 15 is 0 Å². The van der Waals surface area contributed by atoms with Crippen LogP contribution in [0, 0.1) is 13.8 Å². The molecular formula is C36H36OSiZr. The Kier molecular flexibility index (Phi) is 11.9. The molecule has 3 heteroatoms. The van der Waals surface area contributed by atoms with Crippen LogP contribution in [0.25, 0.3) is 43.8 Å². The predicted molar refractivity (Wildman–Crippen MR) is 167 cm³/mol. The molecule has 6 aromatic rings. The van der Waals surface area contributed by atoms with E-state index in [1.807, 2.05) is 20.4 Å². The molecule has 0 unspecified atom stereocenters. The first kappa shape index (κ1) is 30.7. The molecule has 0 aliphatic rings. The minimum Gasteiger partial charge on any atom is -0.415 e. The van der Waals surface area contributed by atoms with Crippen LogP contribution < -0.4 is 0 Å². The van der Waals surface area contributed by atoms with E-state index in [4.69, 9.17) is 4.43 Å². The summed E-state index contributed by atoms with van der Waals surface area (Å²) in [6.45, 7) is 10.4. The molecule has 0 amide bonds. The van der Waals surface area contributed by atoms with E-state index in [0.29, 0.717) is 15.9 Å². The van der Waals surface area contributed by atoms with Crippen LogP contribution in [0.4, 0.5) is 0 Å². The molecule has 1 nitrogen and oxygen atoms in total. The van der Waals surface area contributed by atoms with E-state index in [-0.39, 0.29) is 26.2 Å². The first-order chi connectivity index (χ1) is 18.5. The molecule has 6 aromatic carbocycles. The van der Waals surface area contributed by atoms with Gasteiger partial charge in [-0.15, -0.1) is 69.1 Å². The first-order valence-corrected chi connectivity index (χ1v) is 14.6. The van der Waals surface area contributed by atoms with E-state index in [1.54, 1.807) is 0 Å². The molecule has 0 fully saturated rings. The van der Waals surface area contributed by atoms with Crippen molar-refractivity contribution in [2.45, 2.75) is 40.3 Å². The topological polar surface area (TPSA) is 9.23 Å². The van der Waals surface area contributed by atoms with Gasteiger partial charge in [0.2, 0.25) is 9.76 Å². The van der Waals surface area contributed by atoms with Gasteiger partial charge in [0.1, 0.15) is 0 Å². The van der Waals surface area contributed by atoms with Crippen LogP contribution in [-0.2, 0) is 30.6 Å². The Morgan fingerprint density at radius 1 is 0.590 bits per heavy atom. The molecule has 0 bridgehead atoms. The maximum atomic E-state index is 5.07. The molecule has 6 rings (SSSR count). The van der Waals surface area contributed by atoms with Crippen molar-refractivity contribution in [2.24, 2.45) is 0 Å². The fourth-order valence-electron chi connectivity index (χ4n) is 4.74. The van der Waals surface area contributed by atoms with Crippen LogP contribution in [0.1, 0.15) is 25.0 Å². The Morgan fingerprint density at radius 2 is 1.00 bits per heavy atom. The normalized spacial score (nSPS) is 10.4. The maximum Gasteiger partial charge on any atom is 2.00 e. The molecule has 0 N–H and O–H groups in total. The fourth-order valence-corrected chi connectivity index (χ4v) is 5.22. The number of fused-ring (bicyclic) bond motifs is 2. The number of hydrogen-bond donors (Lipinski definition) is 0. The molecule has 39 heavy (non-hydrogen) atoms. The Hall–Kier alpha value is -2.84. The zero-order chi connectivity index (χ0) is 26.9. The van der Waals surface area contributed by atoms with Crippen molar-refractivity contribution in [2.75, 3.05) is 0 Å². The molecule has 0 atom stereocenters. The van der Waals surface area contributed by atoms with Crippen LogP contribution in [0.15, 0.2) is 121 Å². The van der Waals surface area contributed by atoms with E-state index in [0.717, 1.165) is 0 Å². The summed E-state index contributed by atoms with van der Waals surface area (Å²) in [5, 5.41) is 5.37. The Bertz CT molecular complexity index is 1450. The molecule has 194 valence electrons. The number of hydrogen-bond acceptors (Lipinski definition) is 1. The molecule has 0 saturated carbocycles. The fraction of sp³-hybridized carbons (Fsp3) is 0.167. The van der Waals surface area contributed by atoms with E-state index < -0.39 is 0 Å². The molecule has 0 spiro atoms. The Morgan fingerprint density at radius 3 is 1.33 bits per heavy atom. The first-order valence-electron chi connectivity index (χ1n) is 13.2. The summed E-state index contributed by atoms with van der Waals surface area (Å²) in [6.07, 6.45) is 0.410. The number of benzene rings is 4. The van der Waals surface area contributed by atoms with Gasteiger partial charge in [0.05, 0.1) is 0 Å². The van der Waals surface area contributed by atoms with Gasteiger partial charge in [-0.05, 0) is 31.5 Å². The van der Waals surface area contributed by atoms with Gasteiger partial charge in [-0.2, -0.15) is 12.1 Å². The SMILES string of the molecule is C[Si]OC(C)C.Cc1cc2c(-c3ccccc3)cccc2[cH-]1.Cc1cc2c(-c3ccccc3)cccc2[cH-]1.[Zr+2]. The van der Waals surface area contributed by atoms with Crippen molar-refractivity contribution in [1.29, 1.82) is 0 Å². The average molecular weight is 604 g/mol. The molecule has 2 radical (unpaired) electrons. The van der Waals surface area contributed by atoms with Gasteiger partial charge < -0.3 is 4.43 Å². The van der Waals surface area contributed by atoms with Gasteiger partial charge in [0, 0.05) is 6.10 Å².